The molecule has 0 heterocycles. The highest BCUT2D eigenvalue weighted by atomic mass is 35.5. The zero-order chi connectivity index (χ0) is 28.4. The van der Waals surface area contributed by atoms with Crippen molar-refractivity contribution in [1.29, 1.82) is 0 Å². The fourth-order valence-electron chi connectivity index (χ4n) is 3.46. The van der Waals surface area contributed by atoms with E-state index in [1.54, 1.807) is 91.9 Å². The van der Waals surface area contributed by atoms with E-state index in [1.807, 2.05) is 0 Å². The van der Waals surface area contributed by atoms with E-state index in [1.165, 1.54) is 0 Å². The van der Waals surface area contributed by atoms with E-state index >= 15 is 0 Å². The van der Waals surface area contributed by atoms with Gasteiger partial charge in [-0.3, -0.25) is 0 Å². The monoisotopic (exact) mass is 540 g/mol. The third-order valence-corrected chi connectivity index (χ3v) is 5.75. The van der Waals surface area contributed by atoms with E-state index in [-0.39, 0.29) is 5.88 Å². The van der Waals surface area contributed by atoms with Gasteiger partial charge in [0.2, 0.25) is 0 Å². The number of benzene rings is 4. The Kier molecular flexibility index (Phi) is 10.5. The molecule has 4 aromatic carbocycles. The number of aryl methyl sites for hydroxylation is 1. The van der Waals surface area contributed by atoms with E-state index in [9.17, 15) is 10.0 Å². The van der Waals surface area contributed by atoms with Gasteiger partial charge in [-0.2, -0.15) is 0 Å². The van der Waals surface area contributed by atoms with E-state index in [2.05, 4.69) is 9.69 Å². The lowest BCUT2D eigenvalue weighted by Gasteiger charge is -2.10. The summed E-state index contributed by atoms with van der Waals surface area (Å²) >= 11 is 5.78. The van der Waals surface area contributed by atoms with Crippen LogP contribution in [0.1, 0.15) is 11.1 Å². The summed E-state index contributed by atoms with van der Waals surface area (Å²) in [6, 6.07) is 23.4. The van der Waals surface area contributed by atoms with Gasteiger partial charge in [-0.05, 0) is 77.5 Å². The maximum Gasteiger partial charge on any atom is 0.488 e. The quantitative estimate of drug-likeness (QED) is 0.157. The van der Waals surface area contributed by atoms with Crippen molar-refractivity contribution in [2.24, 2.45) is 0 Å². The minimum Gasteiger partial charge on any atom is -0.457 e. The van der Waals surface area contributed by atoms with Crippen molar-refractivity contribution < 1.29 is 29.6 Å². The van der Waals surface area contributed by atoms with Gasteiger partial charge in [-0.15, -0.1) is 11.6 Å². The minimum absolute atomic E-state index is 0.154. The zero-order valence-corrected chi connectivity index (χ0v) is 21.6. The Bertz CT molecular complexity index is 1480. The lowest BCUT2D eigenvalue weighted by atomic mass is 9.77. The summed E-state index contributed by atoms with van der Waals surface area (Å²) in [5.41, 5.74) is 3.24. The van der Waals surface area contributed by atoms with E-state index < -0.39 is 14.2 Å². The van der Waals surface area contributed by atoms with Crippen LogP contribution in [0.25, 0.3) is 9.69 Å². The maximum atomic E-state index is 9.20. The van der Waals surface area contributed by atoms with Crippen LogP contribution in [-0.2, 0) is 5.88 Å². The Morgan fingerprint density at radius 2 is 1.05 bits per heavy atom. The Balaban J connectivity index is 0.000000216. The van der Waals surface area contributed by atoms with Crippen molar-refractivity contribution in [1.82, 2.24) is 0 Å². The highest BCUT2D eigenvalue weighted by Gasteiger charge is 2.16. The summed E-state index contributed by atoms with van der Waals surface area (Å²) in [7, 11) is -3.04. The Morgan fingerprint density at radius 1 is 0.641 bits per heavy atom. The van der Waals surface area contributed by atoms with Crippen LogP contribution in [0.15, 0.2) is 84.9 Å². The number of ether oxygens (including phenoxy) is 2. The molecule has 8 nitrogen and oxygen atoms in total. The minimum atomic E-state index is -1.56. The summed E-state index contributed by atoms with van der Waals surface area (Å²) in [6.45, 7) is 15.5. The molecule has 11 heteroatoms. The van der Waals surface area contributed by atoms with Crippen molar-refractivity contribution in [2.45, 2.75) is 12.8 Å². The molecule has 4 aromatic rings. The largest absolute Gasteiger partial charge is 0.488 e. The predicted molar refractivity (Wildman–Crippen MR) is 152 cm³/mol. The van der Waals surface area contributed by atoms with Crippen LogP contribution >= 0.6 is 11.6 Å². The first kappa shape index (κ1) is 29.3. The molecule has 0 amide bonds. The van der Waals surface area contributed by atoms with Gasteiger partial charge in [0.05, 0.1) is 13.1 Å². The number of halogens is 1. The molecule has 0 aliphatic carbocycles. The van der Waals surface area contributed by atoms with Crippen molar-refractivity contribution in [3.05, 3.63) is 119 Å². The van der Waals surface area contributed by atoms with E-state index in [0.29, 0.717) is 50.9 Å². The first-order valence-corrected chi connectivity index (χ1v) is 12.1. The molecule has 194 valence electrons. The lowest BCUT2D eigenvalue weighted by Crippen LogP contribution is -2.32. The Labute approximate surface area is 232 Å². The summed E-state index contributed by atoms with van der Waals surface area (Å²) in [5, 5.41) is 36.7. The molecule has 4 rings (SSSR count). The van der Waals surface area contributed by atoms with Gasteiger partial charge in [0.15, 0.2) is 11.4 Å². The fraction of sp³-hybridized carbons (Fsp3) is 0.0714. The predicted octanol–water partition coefficient (Wildman–Crippen LogP) is 4.47. The van der Waals surface area contributed by atoms with Crippen LogP contribution in [0.2, 0.25) is 0 Å². The average Bonchev–Trinajstić information content (AvgIpc) is 2.94. The third kappa shape index (κ3) is 8.36. The molecule has 0 saturated carbocycles. The number of alkyl halides is 1. The van der Waals surface area contributed by atoms with Crippen molar-refractivity contribution in [3.63, 3.8) is 0 Å². The summed E-state index contributed by atoms with van der Waals surface area (Å²) in [5.74, 6) is 2.53. The molecule has 0 fully saturated rings. The zero-order valence-electron chi connectivity index (χ0n) is 20.8. The average molecular weight is 541 g/mol. The van der Waals surface area contributed by atoms with Crippen LogP contribution in [-0.4, -0.2) is 34.3 Å². The number of hydrogen-bond acceptors (Lipinski definition) is 6. The SMILES string of the molecule is [C-]#[N+]c1ccc(Oc2ccc(B(O)O)c(C)c2)cc1.[C-]#[N+]c1ccc(Oc2ccc(B(O)O)c(CCl)c2)cc1. The van der Waals surface area contributed by atoms with Crippen molar-refractivity contribution in [2.75, 3.05) is 0 Å². The molecule has 0 unspecified atom stereocenters. The van der Waals surface area contributed by atoms with Gasteiger partial charge in [-0.1, -0.05) is 36.4 Å². The molecular weight excluding hydrogens is 517 g/mol. The molecule has 0 spiro atoms. The van der Waals surface area contributed by atoms with E-state index in [4.69, 9.17) is 44.3 Å². The van der Waals surface area contributed by atoms with Gasteiger partial charge in [-0.25, -0.2) is 9.69 Å². The fourth-order valence-corrected chi connectivity index (χ4v) is 3.70. The molecule has 0 aliphatic rings. The molecule has 0 bridgehead atoms. The molecule has 0 atom stereocenters. The molecule has 4 N–H and O–H groups in total. The normalized spacial score (nSPS) is 9.85. The molecule has 39 heavy (non-hydrogen) atoms. The molecule has 0 radical (unpaired) electrons. The highest BCUT2D eigenvalue weighted by molar-refractivity contribution is 6.59. The van der Waals surface area contributed by atoms with Gasteiger partial charge in [0.25, 0.3) is 0 Å². The standard InChI is InChI=1S/C14H11BClNO3.C14H12BNO3/c1-17-11-2-4-12(5-3-11)20-13-6-7-14(15(18)19)10(8-13)9-16;1-10-9-13(7-8-14(10)15(17)18)19-12-5-3-11(16-2)4-6-12/h2-8,18-19H,9H2;3-9,17-18H,1H3. The van der Waals surface area contributed by atoms with Crippen LogP contribution in [0.4, 0.5) is 11.4 Å². The molecule has 0 aromatic heterocycles. The molecule has 0 aliphatic heterocycles. The third-order valence-electron chi connectivity index (χ3n) is 5.46. The smallest absolute Gasteiger partial charge is 0.457 e. The van der Waals surface area contributed by atoms with Crippen LogP contribution in [0, 0.1) is 20.1 Å². The second kappa shape index (κ2) is 14.0. The van der Waals surface area contributed by atoms with Gasteiger partial charge < -0.3 is 29.6 Å². The summed E-state index contributed by atoms with van der Waals surface area (Å²) in [6.07, 6.45) is 0. The number of rotatable bonds is 7. The van der Waals surface area contributed by atoms with Gasteiger partial charge >= 0.3 is 14.2 Å². The second-order valence-corrected chi connectivity index (χ2v) is 8.44. The highest BCUT2D eigenvalue weighted by Crippen LogP contribution is 2.25. The topological polar surface area (TPSA) is 108 Å². The maximum absolute atomic E-state index is 9.20. The summed E-state index contributed by atoms with van der Waals surface area (Å²) in [4.78, 5) is 6.60. The Hall–Kier alpha value is -4.28. The lowest BCUT2D eigenvalue weighted by molar-refractivity contribution is 0.424. The van der Waals surface area contributed by atoms with Gasteiger partial charge in [0, 0.05) is 5.88 Å². The van der Waals surface area contributed by atoms with Crippen molar-refractivity contribution in [3.8, 4) is 23.0 Å². The van der Waals surface area contributed by atoms with Crippen LogP contribution < -0.4 is 20.4 Å². The van der Waals surface area contributed by atoms with Crippen LogP contribution in [0.3, 0.4) is 0 Å². The number of hydrogen-bond donors (Lipinski definition) is 4. The van der Waals surface area contributed by atoms with E-state index in [0.717, 1.165) is 5.56 Å². The first-order valence-electron chi connectivity index (χ1n) is 11.6. The summed E-state index contributed by atoms with van der Waals surface area (Å²) < 4.78 is 11.3. The number of nitrogens with zero attached hydrogens (tertiary/aromatic N) is 2. The molecule has 0 saturated heterocycles. The molecular formula is C28H23B2ClN2O6. The van der Waals surface area contributed by atoms with Gasteiger partial charge in [0.1, 0.15) is 23.0 Å². The van der Waals surface area contributed by atoms with Crippen molar-refractivity contribution >= 4 is 48.1 Å². The Morgan fingerprint density at radius 3 is 1.44 bits per heavy atom. The first-order chi connectivity index (χ1) is 18.7. The second-order valence-electron chi connectivity index (χ2n) is 8.18. The van der Waals surface area contributed by atoms with Crippen LogP contribution in [0.5, 0.6) is 23.0 Å².